The Balaban J connectivity index is 2.22. The van der Waals surface area contributed by atoms with Gasteiger partial charge in [-0.2, -0.15) is 11.8 Å². The molecule has 0 aromatic carbocycles. The molecule has 0 saturated carbocycles. The van der Waals surface area contributed by atoms with Gasteiger partial charge in [-0.05, 0) is 13.0 Å². The van der Waals surface area contributed by atoms with Gasteiger partial charge in [-0.15, -0.1) is 0 Å². The monoisotopic (exact) mass is 219 g/mol. The Kier molecular flexibility index (Phi) is 6.60. The van der Waals surface area contributed by atoms with Crippen LogP contribution < -0.4 is 5.32 Å². The van der Waals surface area contributed by atoms with E-state index < -0.39 is 0 Å². The molecule has 1 heterocycles. The van der Waals surface area contributed by atoms with Crippen molar-refractivity contribution in [3.63, 3.8) is 0 Å². The van der Waals surface area contributed by atoms with Crippen LogP contribution in [0.1, 0.15) is 13.3 Å². The molecule has 0 aromatic rings. The van der Waals surface area contributed by atoms with Gasteiger partial charge in [0.25, 0.3) is 0 Å². The summed E-state index contributed by atoms with van der Waals surface area (Å²) in [6.07, 6.45) is 1.14. The first-order valence-corrected chi connectivity index (χ1v) is 6.35. The van der Waals surface area contributed by atoms with Gasteiger partial charge in [-0.3, -0.25) is 0 Å². The number of thioether (sulfide) groups is 1. The largest absolute Gasteiger partial charge is 0.384 e. The molecule has 0 amide bonds. The molecule has 4 heteroatoms. The smallest absolute Gasteiger partial charge is 0.0600 e. The van der Waals surface area contributed by atoms with E-state index in [4.69, 9.17) is 9.47 Å². The highest BCUT2D eigenvalue weighted by atomic mass is 32.2. The summed E-state index contributed by atoms with van der Waals surface area (Å²) in [5, 5.41) is 4.12. The molecule has 2 unspecified atom stereocenters. The minimum absolute atomic E-state index is 0.596. The Morgan fingerprint density at radius 3 is 3.14 bits per heavy atom. The first-order valence-electron chi connectivity index (χ1n) is 5.30. The second-order valence-electron chi connectivity index (χ2n) is 3.43. The number of rotatable bonds is 6. The van der Waals surface area contributed by atoms with Crippen LogP contribution in [0.2, 0.25) is 0 Å². The average Bonchev–Trinajstić information content (AvgIpc) is 2.21. The van der Waals surface area contributed by atoms with Crippen LogP contribution >= 0.6 is 11.8 Å². The maximum atomic E-state index is 5.49. The van der Waals surface area contributed by atoms with Gasteiger partial charge in [0.2, 0.25) is 0 Å². The second-order valence-corrected chi connectivity index (χ2v) is 4.78. The van der Waals surface area contributed by atoms with Gasteiger partial charge in [0.15, 0.2) is 0 Å². The summed E-state index contributed by atoms with van der Waals surface area (Å²) in [5.41, 5.74) is 0. The summed E-state index contributed by atoms with van der Waals surface area (Å²) >= 11 is 1.96. The molecule has 14 heavy (non-hydrogen) atoms. The van der Waals surface area contributed by atoms with Gasteiger partial charge in [0.05, 0.1) is 13.2 Å². The standard InChI is InChI=1S/C10H21NO2S/c1-3-11-9-4-5-13-8-10(9)14-7-6-12-2/h9-11H,3-8H2,1-2H3. The second kappa shape index (κ2) is 7.51. The zero-order chi connectivity index (χ0) is 10.2. The molecule has 1 aliphatic heterocycles. The van der Waals surface area contributed by atoms with Crippen LogP contribution in [0.5, 0.6) is 0 Å². The minimum atomic E-state index is 0.596. The number of hydrogen-bond acceptors (Lipinski definition) is 4. The number of hydrogen-bond donors (Lipinski definition) is 1. The minimum Gasteiger partial charge on any atom is -0.384 e. The predicted octanol–water partition coefficient (Wildman–Crippen LogP) is 1.13. The van der Waals surface area contributed by atoms with Crippen molar-refractivity contribution in [1.29, 1.82) is 0 Å². The highest BCUT2D eigenvalue weighted by molar-refractivity contribution is 8.00. The highest BCUT2D eigenvalue weighted by Gasteiger charge is 2.24. The Morgan fingerprint density at radius 2 is 2.43 bits per heavy atom. The average molecular weight is 219 g/mol. The summed E-state index contributed by atoms with van der Waals surface area (Å²) in [7, 11) is 1.75. The van der Waals surface area contributed by atoms with Gasteiger partial charge >= 0.3 is 0 Å². The van der Waals surface area contributed by atoms with Crippen molar-refractivity contribution in [3.8, 4) is 0 Å². The molecule has 0 spiro atoms. The van der Waals surface area contributed by atoms with Crippen molar-refractivity contribution in [2.24, 2.45) is 0 Å². The van der Waals surface area contributed by atoms with Crippen LogP contribution in [0.25, 0.3) is 0 Å². The third-order valence-electron chi connectivity index (χ3n) is 2.39. The summed E-state index contributed by atoms with van der Waals surface area (Å²) in [4.78, 5) is 0. The third kappa shape index (κ3) is 4.17. The molecular weight excluding hydrogens is 198 g/mol. The first kappa shape index (κ1) is 12.3. The van der Waals surface area contributed by atoms with E-state index in [2.05, 4.69) is 12.2 Å². The molecule has 1 aliphatic rings. The fourth-order valence-electron chi connectivity index (χ4n) is 1.65. The summed E-state index contributed by atoms with van der Waals surface area (Å²) in [6.45, 7) is 5.82. The predicted molar refractivity (Wildman–Crippen MR) is 61.0 cm³/mol. The van der Waals surface area contributed by atoms with Gasteiger partial charge in [0.1, 0.15) is 0 Å². The fraction of sp³-hybridized carbons (Fsp3) is 1.00. The van der Waals surface area contributed by atoms with E-state index in [0.717, 1.165) is 38.5 Å². The van der Waals surface area contributed by atoms with E-state index in [1.807, 2.05) is 11.8 Å². The maximum absolute atomic E-state index is 5.49. The topological polar surface area (TPSA) is 30.5 Å². The van der Waals surface area contributed by atoms with Crippen LogP contribution in [0.3, 0.4) is 0 Å². The molecule has 1 N–H and O–H groups in total. The number of ether oxygens (including phenoxy) is 2. The van der Waals surface area contributed by atoms with Crippen LogP contribution in [-0.2, 0) is 9.47 Å². The zero-order valence-electron chi connectivity index (χ0n) is 9.12. The highest BCUT2D eigenvalue weighted by Crippen LogP contribution is 2.21. The van der Waals surface area contributed by atoms with E-state index in [-0.39, 0.29) is 0 Å². The lowest BCUT2D eigenvalue weighted by Gasteiger charge is -2.31. The first-order chi connectivity index (χ1) is 6.88. The Morgan fingerprint density at radius 1 is 1.57 bits per heavy atom. The molecule has 2 atom stereocenters. The van der Waals surface area contributed by atoms with E-state index in [1.165, 1.54) is 0 Å². The van der Waals surface area contributed by atoms with Crippen LogP contribution in [0.15, 0.2) is 0 Å². The lowest BCUT2D eigenvalue weighted by molar-refractivity contribution is 0.0836. The van der Waals surface area contributed by atoms with Crippen LogP contribution in [-0.4, -0.2) is 50.5 Å². The Hall–Kier alpha value is 0.230. The molecule has 3 nitrogen and oxygen atoms in total. The molecule has 1 fully saturated rings. The Bertz CT molecular complexity index is 144. The fourth-order valence-corrected chi connectivity index (χ4v) is 2.88. The van der Waals surface area contributed by atoms with E-state index in [1.54, 1.807) is 7.11 Å². The normalized spacial score (nSPS) is 27.9. The van der Waals surface area contributed by atoms with Crippen molar-refractivity contribution in [1.82, 2.24) is 5.32 Å². The molecule has 1 saturated heterocycles. The zero-order valence-corrected chi connectivity index (χ0v) is 9.94. The van der Waals surface area contributed by atoms with Crippen molar-refractivity contribution >= 4 is 11.8 Å². The summed E-state index contributed by atoms with van der Waals surface area (Å²) < 4.78 is 10.5. The van der Waals surface area contributed by atoms with Gasteiger partial charge in [-0.1, -0.05) is 6.92 Å². The van der Waals surface area contributed by atoms with E-state index >= 15 is 0 Å². The lowest BCUT2D eigenvalue weighted by Crippen LogP contribution is -2.44. The third-order valence-corrected chi connectivity index (χ3v) is 3.68. The van der Waals surface area contributed by atoms with E-state index in [9.17, 15) is 0 Å². The molecule has 0 radical (unpaired) electrons. The quantitative estimate of drug-likeness (QED) is 0.679. The van der Waals surface area contributed by atoms with Crippen LogP contribution in [0.4, 0.5) is 0 Å². The summed E-state index contributed by atoms with van der Waals surface area (Å²) in [6, 6.07) is 0.621. The van der Waals surface area contributed by atoms with Crippen molar-refractivity contribution in [2.75, 3.05) is 39.2 Å². The van der Waals surface area contributed by atoms with Crippen molar-refractivity contribution in [3.05, 3.63) is 0 Å². The molecule has 84 valence electrons. The SMILES string of the molecule is CCNC1CCOCC1SCCOC. The molecule has 0 bridgehead atoms. The lowest BCUT2D eigenvalue weighted by atomic mass is 10.1. The van der Waals surface area contributed by atoms with E-state index in [0.29, 0.717) is 11.3 Å². The Labute approximate surface area is 90.9 Å². The molecular formula is C10H21NO2S. The maximum Gasteiger partial charge on any atom is 0.0600 e. The van der Waals surface area contributed by atoms with Gasteiger partial charge in [0, 0.05) is 30.8 Å². The summed E-state index contributed by atoms with van der Waals surface area (Å²) in [5.74, 6) is 1.06. The molecule has 1 rings (SSSR count). The molecule has 0 aromatic heterocycles. The number of methoxy groups -OCH3 is 1. The van der Waals surface area contributed by atoms with Crippen molar-refractivity contribution in [2.45, 2.75) is 24.6 Å². The van der Waals surface area contributed by atoms with Gasteiger partial charge in [-0.25, -0.2) is 0 Å². The van der Waals surface area contributed by atoms with Gasteiger partial charge < -0.3 is 14.8 Å². The van der Waals surface area contributed by atoms with Crippen molar-refractivity contribution < 1.29 is 9.47 Å². The van der Waals surface area contributed by atoms with Crippen LogP contribution in [0, 0.1) is 0 Å². The number of nitrogens with one attached hydrogen (secondary N) is 1. The molecule has 0 aliphatic carbocycles.